The van der Waals surface area contributed by atoms with Crippen LogP contribution in [0.15, 0.2) is 0 Å². The quantitative estimate of drug-likeness (QED) is 0.832. The molecule has 2 saturated carbocycles. The SMILES string of the molecule is C[C@@H](C(=O)O)[C@@H]1CC[C@H](C)[C@]23CCC(=O)[C@@]2(C)[C@H]1O3. The van der Waals surface area contributed by atoms with E-state index in [1.165, 1.54) is 0 Å². The number of carbonyl (C=O) groups excluding carboxylic acids is 1. The van der Waals surface area contributed by atoms with Gasteiger partial charge in [0.25, 0.3) is 0 Å². The van der Waals surface area contributed by atoms with Gasteiger partial charge in [0.15, 0.2) is 0 Å². The molecule has 0 radical (unpaired) electrons. The molecule has 4 nitrogen and oxygen atoms in total. The van der Waals surface area contributed by atoms with Gasteiger partial charge in [-0.3, -0.25) is 9.59 Å². The number of carboxylic acids is 1. The molecule has 1 aliphatic heterocycles. The lowest BCUT2D eigenvalue weighted by Gasteiger charge is -2.61. The lowest BCUT2D eigenvalue weighted by Crippen LogP contribution is -2.70. The average Bonchev–Trinajstić information content (AvgIpc) is 2.49. The minimum absolute atomic E-state index is 0.0392. The fourth-order valence-corrected chi connectivity index (χ4v) is 4.83. The molecule has 4 heteroatoms. The Kier molecular flexibility index (Phi) is 2.63. The van der Waals surface area contributed by atoms with Gasteiger partial charge >= 0.3 is 5.97 Å². The third-order valence-corrected chi connectivity index (χ3v) is 6.24. The Morgan fingerprint density at radius 1 is 1.47 bits per heavy atom. The normalized spacial score (nSPS) is 50.1. The largest absolute Gasteiger partial charge is 0.481 e. The van der Waals surface area contributed by atoms with Gasteiger partial charge in [-0.25, -0.2) is 0 Å². The first-order valence-electron chi connectivity index (χ1n) is 7.28. The third kappa shape index (κ3) is 1.33. The molecular formula is C15H22O4. The van der Waals surface area contributed by atoms with Gasteiger partial charge in [0.05, 0.1) is 23.0 Å². The van der Waals surface area contributed by atoms with Crippen molar-refractivity contribution in [1.29, 1.82) is 0 Å². The monoisotopic (exact) mass is 266 g/mol. The summed E-state index contributed by atoms with van der Waals surface area (Å²) < 4.78 is 6.20. The van der Waals surface area contributed by atoms with Crippen molar-refractivity contribution < 1.29 is 19.4 Å². The van der Waals surface area contributed by atoms with Gasteiger partial charge in [-0.05, 0) is 38.0 Å². The highest BCUT2D eigenvalue weighted by Gasteiger charge is 2.75. The number of hydrogen-bond donors (Lipinski definition) is 1. The standard InChI is InChI=1S/C15H22O4/c1-8-4-5-10(9(2)13(17)18)12-14(3)11(16)6-7-15(8,14)19-12/h8-10,12H,4-7H2,1-3H3,(H,17,18)/t8-,9+,10-,12-,14-,15+/m0/s1. The Labute approximate surface area is 113 Å². The molecule has 2 bridgehead atoms. The van der Waals surface area contributed by atoms with E-state index in [9.17, 15) is 14.7 Å². The van der Waals surface area contributed by atoms with Crippen LogP contribution in [0.5, 0.6) is 0 Å². The number of carboxylic acid groups (broad SMARTS) is 1. The fourth-order valence-electron chi connectivity index (χ4n) is 4.83. The van der Waals surface area contributed by atoms with E-state index in [-0.39, 0.29) is 23.4 Å². The van der Waals surface area contributed by atoms with E-state index in [0.29, 0.717) is 12.3 Å². The summed E-state index contributed by atoms with van der Waals surface area (Å²) in [7, 11) is 0. The minimum atomic E-state index is -0.783. The zero-order valence-corrected chi connectivity index (χ0v) is 11.8. The van der Waals surface area contributed by atoms with Crippen LogP contribution in [0.1, 0.15) is 46.5 Å². The molecule has 1 N–H and O–H groups in total. The molecule has 2 aliphatic carbocycles. The highest BCUT2D eigenvalue weighted by Crippen LogP contribution is 2.67. The molecular weight excluding hydrogens is 244 g/mol. The summed E-state index contributed by atoms with van der Waals surface area (Å²) in [6.45, 7) is 5.91. The van der Waals surface area contributed by atoms with Crippen molar-refractivity contribution >= 4 is 11.8 Å². The van der Waals surface area contributed by atoms with Gasteiger partial charge in [-0.15, -0.1) is 0 Å². The van der Waals surface area contributed by atoms with Gasteiger partial charge < -0.3 is 9.84 Å². The molecule has 0 aromatic carbocycles. The Hall–Kier alpha value is -0.900. The summed E-state index contributed by atoms with van der Waals surface area (Å²) in [6.07, 6.45) is 3.02. The van der Waals surface area contributed by atoms with E-state index < -0.39 is 17.3 Å². The Morgan fingerprint density at radius 2 is 2.16 bits per heavy atom. The second-order valence-electron chi connectivity index (χ2n) is 6.82. The van der Waals surface area contributed by atoms with Crippen molar-refractivity contribution in [2.75, 3.05) is 0 Å². The van der Waals surface area contributed by atoms with Crippen molar-refractivity contribution in [3.05, 3.63) is 0 Å². The molecule has 19 heavy (non-hydrogen) atoms. The van der Waals surface area contributed by atoms with Crippen molar-refractivity contribution in [1.82, 2.24) is 0 Å². The van der Waals surface area contributed by atoms with Crippen LogP contribution in [0.3, 0.4) is 0 Å². The topological polar surface area (TPSA) is 63.6 Å². The summed E-state index contributed by atoms with van der Waals surface area (Å²) in [6, 6.07) is 0. The van der Waals surface area contributed by atoms with E-state index in [1.807, 2.05) is 6.92 Å². The first kappa shape index (κ1) is 13.1. The maximum Gasteiger partial charge on any atom is 0.306 e. The first-order valence-corrected chi connectivity index (χ1v) is 7.28. The molecule has 0 aromatic rings. The van der Waals surface area contributed by atoms with Crippen LogP contribution in [0.4, 0.5) is 0 Å². The minimum Gasteiger partial charge on any atom is -0.481 e. The van der Waals surface area contributed by atoms with Gasteiger partial charge in [0, 0.05) is 6.42 Å². The van der Waals surface area contributed by atoms with Gasteiger partial charge in [0.1, 0.15) is 5.78 Å². The lowest BCUT2D eigenvalue weighted by molar-refractivity contribution is -0.314. The smallest absolute Gasteiger partial charge is 0.306 e. The fraction of sp³-hybridized carbons (Fsp3) is 0.867. The van der Waals surface area contributed by atoms with E-state index in [4.69, 9.17) is 4.74 Å². The highest BCUT2D eigenvalue weighted by atomic mass is 16.5. The predicted molar refractivity (Wildman–Crippen MR) is 68.6 cm³/mol. The molecule has 1 saturated heterocycles. The summed E-state index contributed by atoms with van der Waals surface area (Å²) in [5.41, 5.74) is -0.751. The number of carbonyl (C=O) groups is 2. The molecule has 0 unspecified atom stereocenters. The molecule has 0 amide bonds. The zero-order valence-electron chi connectivity index (χ0n) is 11.8. The molecule has 6 atom stereocenters. The zero-order chi connectivity index (χ0) is 14.0. The van der Waals surface area contributed by atoms with E-state index >= 15 is 0 Å². The molecule has 1 heterocycles. The number of ketones is 1. The second-order valence-corrected chi connectivity index (χ2v) is 6.82. The van der Waals surface area contributed by atoms with Gasteiger partial charge in [-0.2, -0.15) is 0 Å². The third-order valence-electron chi connectivity index (χ3n) is 6.24. The van der Waals surface area contributed by atoms with Crippen molar-refractivity contribution in [3.8, 4) is 0 Å². The highest BCUT2D eigenvalue weighted by molar-refractivity contribution is 5.91. The van der Waals surface area contributed by atoms with Crippen LogP contribution < -0.4 is 0 Å². The lowest BCUT2D eigenvalue weighted by atomic mass is 9.59. The summed E-state index contributed by atoms with van der Waals surface area (Å²) in [5, 5.41) is 9.28. The van der Waals surface area contributed by atoms with Crippen LogP contribution in [-0.4, -0.2) is 28.6 Å². The molecule has 3 aliphatic rings. The molecule has 3 fully saturated rings. The van der Waals surface area contributed by atoms with E-state index in [2.05, 4.69) is 6.92 Å². The average molecular weight is 266 g/mol. The van der Waals surface area contributed by atoms with Crippen molar-refractivity contribution in [2.24, 2.45) is 23.2 Å². The molecule has 106 valence electrons. The summed E-state index contributed by atoms with van der Waals surface area (Å²) in [5.74, 6) is -0.651. The second kappa shape index (κ2) is 3.81. The van der Waals surface area contributed by atoms with Crippen molar-refractivity contribution in [3.63, 3.8) is 0 Å². The van der Waals surface area contributed by atoms with Crippen LogP contribution >= 0.6 is 0 Å². The Bertz CT molecular complexity index is 445. The summed E-state index contributed by atoms with van der Waals surface area (Å²) in [4.78, 5) is 23.7. The van der Waals surface area contributed by atoms with E-state index in [1.54, 1.807) is 6.92 Å². The van der Waals surface area contributed by atoms with Crippen molar-refractivity contribution in [2.45, 2.75) is 58.2 Å². The summed E-state index contributed by atoms with van der Waals surface area (Å²) >= 11 is 0. The molecule has 3 rings (SSSR count). The number of Topliss-reactive ketones (excluding diaryl/α,β-unsaturated/α-hetero) is 1. The number of rotatable bonds is 2. The molecule has 0 spiro atoms. The van der Waals surface area contributed by atoms with Crippen LogP contribution in [0.25, 0.3) is 0 Å². The maximum atomic E-state index is 12.4. The molecule has 0 aromatic heterocycles. The Morgan fingerprint density at radius 3 is 2.79 bits per heavy atom. The number of aliphatic carboxylic acids is 1. The number of hydrogen-bond acceptors (Lipinski definition) is 3. The first-order chi connectivity index (χ1) is 8.84. The van der Waals surface area contributed by atoms with Gasteiger partial charge in [-0.1, -0.05) is 13.8 Å². The van der Waals surface area contributed by atoms with E-state index in [0.717, 1.165) is 19.3 Å². The maximum absolute atomic E-state index is 12.4. The predicted octanol–water partition coefficient (Wildman–Crippen LogP) is 2.26. The van der Waals surface area contributed by atoms with Gasteiger partial charge in [0.2, 0.25) is 0 Å². The Balaban J connectivity index is 1.99. The number of ether oxygens (including phenoxy) is 1. The van der Waals surface area contributed by atoms with Crippen LogP contribution in [0.2, 0.25) is 0 Å². The van der Waals surface area contributed by atoms with Crippen LogP contribution in [0, 0.1) is 23.2 Å². The van der Waals surface area contributed by atoms with Crippen LogP contribution in [-0.2, 0) is 14.3 Å².